The van der Waals surface area contributed by atoms with Crippen molar-refractivity contribution in [1.82, 2.24) is 23.0 Å². The molecule has 1 aliphatic rings. The van der Waals surface area contributed by atoms with Crippen molar-refractivity contribution in [1.29, 1.82) is 0 Å². The molecule has 0 saturated carbocycles. The number of rotatable bonds is 6. The van der Waals surface area contributed by atoms with Crippen LogP contribution < -0.4 is 15.0 Å². The Hall–Kier alpha value is -3.87. The molecule has 0 aliphatic carbocycles. The van der Waals surface area contributed by atoms with Crippen LogP contribution in [0.4, 0.5) is 0 Å². The first kappa shape index (κ1) is 22.6. The zero-order valence-electron chi connectivity index (χ0n) is 18.7. The van der Waals surface area contributed by atoms with Crippen molar-refractivity contribution in [2.24, 2.45) is 0 Å². The van der Waals surface area contributed by atoms with Gasteiger partial charge in [-0.15, -0.1) is 0 Å². The van der Waals surface area contributed by atoms with Gasteiger partial charge in [-0.25, -0.2) is 8.42 Å². The molecule has 0 bridgehead atoms. The fraction of sp³-hybridized carbons (Fsp3) is 0.167. The molecule has 1 aliphatic heterocycles. The zero-order chi connectivity index (χ0) is 24.7. The molecule has 4 heterocycles. The third kappa shape index (κ3) is 4.08. The number of hydrogen-bond donors (Lipinski definition) is 1. The molecule has 182 valence electrons. The number of nitrogens with zero attached hydrogens (tertiary/aromatic N) is 4. The minimum absolute atomic E-state index is 0.0166. The molecule has 5 aromatic rings. The number of nitrogens with one attached hydrogen (secondary N) is 1. The summed E-state index contributed by atoms with van der Waals surface area (Å²) in [6.45, 7) is 0.722. The van der Waals surface area contributed by atoms with Gasteiger partial charge in [-0.2, -0.15) is 13.1 Å². The molecule has 1 N–H and O–H groups in total. The molecule has 0 atom stereocenters. The minimum atomic E-state index is -4.07. The van der Waals surface area contributed by atoms with Gasteiger partial charge in [0.25, 0.3) is 5.56 Å². The summed E-state index contributed by atoms with van der Waals surface area (Å²) in [6, 6.07) is 13.6. The van der Waals surface area contributed by atoms with E-state index in [2.05, 4.69) is 18.7 Å². The Morgan fingerprint density at radius 2 is 1.83 bits per heavy atom. The van der Waals surface area contributed by atoms with E-state index in [1.165, 1.54) is 10.4 Å². The average Bonchev–Trinajstić information content (AvgIpc) is 3.37. The topological polar surface area (TPSA) is 127 Å². The highest BCUT2D eigenvalue weighted by molar-refractivity contribution is 7.89. The second-order valence-electron chi connectivity index (χ2n) is 8.23. The molecule has 12 heteroatoms. The second-order valence-corrected chi connectivity index (χ2v) is 10.7. The van der Waals surface area contributed by atoms with Crippen LogP contribution in [-0.4, -0.2) is 44.7 Å². The SMILES string of the molecule is O=c1[nH]c2cc3c(cc2cc1CN(Cc1cccnc1)S(=O)(=O)c1cccc2nsnc12)OCCO3. The summed E-state index contributed by atoms with van der Waals surface area (Å²) in [7, 11) is -4.07. The van der Waals surface area contributed by atoms with Crippen molar-refractivity contribution in [2.75, 3.05) is 13.2 Å². The molecule has 0 amide bonds. The maximum Gasteiger partial charge on any atom is 0.252 e. The van der Waals surface area contributed by atoms with Gasteiger partial charge >= 0.3 is 0 Å². The summed E-state index contributed by atoms with van der Waals surface area (Å²) < 4.78 is 48.7. The summed E-state index contributed by atoms with van der Waals surface area (Å²) in [5.41, 5.74) is 1.96. The van der Waals surface area contributed by atoms with E-state index < -0.39 is 10.0 Å². The summed E-state index contributed by atoms with van der Waals surface area (Å²) in [6.07, 6.45) is 3.21. The second kappa shape index (κ2) is 8.97. The van der Waals surface area contributed by atoms with Crippen LogP contribution in [-0.2, 0) is 23.1 Å². The van der Waals surface area contributed by atoms with Crippen LogP contribution in [0.25, 0.3) is 21.9 Å². The Morgan fingerprint density at radius 3 is 2.64 bits per heavy atom. The largest absolute Gasteiger partial charge is 0.486 e. The smallest absolute Gasteiger partial charge is 0.252 e. The Labute approximate surface area is 209 Å². The number of H-pyrrole nitrogens is 1. The van der Waals surface area contributed by atoms with Gasteiger partial charge in [-0.3, -0.25) is 9.78 Å². The van der Waals surface area contributed by atoms with Crippen molar-refractivity contribution in [2.45, 2.75) is 18.0 Å². The normalized spacial score (nSPS) is 13.5. The van der Waals surface area contributed by atoms with E-state index in [0.29, 0.717) is 52.2 Å². The Morgan fingerprint density at radius 1 is 1.00 bits per heavy atom. The van der Waals surface area contributed by atoms with Gasteiger partial charge in [0.1, 0.15) is 29.1 Å². The molecule has 6 rings (SSSR count). The van der Waals surface area contributed by atoms with Crippen LogP contribution in [0.5, 0.6) is 11.5 Å². The van der Waals surface area contributed by atoms with Crippen LogP contribution in [0.2, 0.25) is 0 Å². The monoisotopic (exact) mass is 521 g/mol. The quantitative estimate of drug-likeness (QED) is 0.361. The highest BCUT2D eigenvalue weighted by Crippen LogP contribution is 2.34. The van der Waals surface area contributed by atoms with Gasteiger partial charge in [0.05, 0.1) is 17.2 Å². The van der Waals surface area contributed by atoms with E-state index in [9.17, 15) is 13.2 Å². The molecule has 36 heavy (non-hydrogen) atoms. The standard InChI is InChI=1S/C24H19N5O5S2/c30-24-17(9-16-10-20-21(11-19(16)26-24)34-8-7-33-20)14-29(13-15-3-2-6-25-12-15)36(31,32)22-5-1-4-18-23(22)28-35-27-18/h1-6,9-12H,7-8,13-14H2,(H,26,30). The molecule has 2 aromatic carbocycles. The molecule has 0 fully saturated rings. The lowest BCUT2D eigenvalue weighted by Gasteiger charge is -2.23. The van der Waals surface area contributed by atoms with E-state index >= 15 is 0 Å². The van der Waals surface area contributed by atoms with Crippen molar-refractivity contribution in [3.05, 3.63) is 82.4 Å². The molecular formula is C24H19N5O5S2. The first-order valence-corrected chi connectivity index (χ1v) is 13.2. The van der Waals surface area contributed by atoms with E-state index in [0.717, 1.165) is 11.7 Å². The van der Waals surface area contributed by atoms with Gasteiger partial charge in [-0.1, -0.05) is 12.1 Å². The number of sulfonamides is 1. The lowest BCUT2D eigenvalue weighted by atomic mass is 10.1. The predicted octanol–water partition coefficient (Wildman–Crippen LogP) is 3.09. The number of benzene rings is 2. The minimum Gasteiger partial charge on any atom is -0.486 e. The fourth-order valence-electron chi connectivity index (χ4n) is 4.15. The summed E-state index contributed by atoms with van der Waals surface area (Å²) in [4.78, 5) is 20.0. The van der Waals surface area contributed by atoms with E-state index in [4.69, 9.17) is 9.47 Å². The Bertz CT molecular complexity index is 1750. The molecule has 0 spiro atoms. The van der Waals surface area contributed by atoms with E-state index in [1.54, 1.807) is 54.9 Å². The Kier molecular flexibility index (Phi) is 5.63. The van der Waals surface area contributed by atoms with Crippen LogP contribution in [0.3, 0.4) is 0 Å². The van der Waals surface area contributed by atoms with Crippen molar-refractivity contribution in [3.63, 3.8) is 0 Å². The maximum absolute atomic E-state index is 13.9. The van der Waals surface area contributed by atoms with Crippen LogP contribution in [0, 0.1) is 0 Å². The molecule has 0 unspecified atom stereocenters. The van der Waals surface area contributed by atoms with E-state index in [1.807, 2.05) is 0 Å². The number of hydrogen-bond acceptors (Lipinski definition) is 9. The van der Waals surface area contributed by atoms with Crippen molar-refractivity contribution >= 4 is 43.7 Å². The summed E-state index contributed by atoms with van der Waals surface area (Å²) in [5.74, 6) is 1.14. The van der Waals surface area contributed by atoms with Crippen LogP contribution >= 0.6 is 11.7 Å². The van der Waals surface area contributed by atoms with Crippen molar-refractivity contribution < 1.29 is 17.9 Å². The third-order valence-electron chi connectivity index (χ3n) is 5.88. The maximum atomic E-state index is 13.9. The zero-order valence-corrected chi connectivity index (χ0v) is 20.4. The number of aromatic nitrogens is 4. The number of pyridine rings is 2. The molecular weight excluding hydrogens is 502 g/mol. The summed E-state index contributed by atoms with van der Waals surface area (Å²) >= 11 is 0.948. The number of fused-ring (bicyclic) bond motifs is 3. The Balaban J connectivity index is 1.44. The average molecular weight is 522 g/mol. The van der Waals surface area contributed by atoms with Crippen LogP contribution in [0.1, 0.15) is 11.1 Å². The highest BCUT2D eigenvalue weighted by atomic mass is 32.2. The summed E-state index contributed by atoms with van der Waals surface area (Å²) in [5, 5.41) is 0.707. The van der Waals surface area contributed by atoms with Gasteiger partial charge in [0.2, 0.25) is 10.0 Å². The lowest BCUT2D eigenvalue weighted by Crippen LogP contribution is -2.32. The fourth-order valence-corrected chi connectivity index (χ4v) is 6.30. The van der Waals surface area contributed by atoms with Gasteiger partial charge < -0.3 is 14.5 Å². The first-order valence-electron chi connectivity index (χ1n) is 11.0. The molecule has 10 nitrogen and oxygen atoms in total. The number of ether oxygens (including phenoxy) is 2. The van der Waals surface area contributed by atoms with Crippen molar-refractivity contribution in [3.8, 4) is 11.5 Å². The van der Waals surface area contributed by atoms with Gasteiger partial charge in [0, 0.05) is 42.5 Å². The van der Waals surface area contributed by atoms with Crippen LogP contribution in [0.15, 0.2) is 70.6 Å². The predicted molar refractivity (Wildman–Crippen MR) is 134 cm³/mol. The van der Waals surface area contributed by atoms with Gasteiger partial charge in [-0.05, 0) is 35.9 Å². The highest BCUT2D eigenvalue weighted by Gasteiger charge is 2.29. The lowest BCUT2D eigenvalue weighted by molar-refractivity contribution is 0.172. The van der Waals surface area contributed by atoms with Gasteiger partial charge in [0.15, 0.2) is 11.5 Å². The first-order chi connectivity index (χ1) is 17.5. The third-order valence-corrected chi connectivity index (χ3v) is 8.25. The van der Waals surface area contributed by atoms with E-state index in [-0.39, 0.29) is 29.1 Å². The molecule has 0 radical (unpaired) electrons. The molecule has 0 saturated heterocycles. The molecule has 3 aromatic heterocycles. The number of aromatic amines is 1.